The van der Waals surface area contributed by atoms with E-state index in [4.69, 9.17) is 20.6 Å². The quantitative estimate of drug-likeness (QED) is 0.292. The van der Waals surface area contributed by atoms with E-state index in [1.165, 1.54) is 25.1 Å². The van der Waals surface area contributed by atoms with Gasteiger partial charge in [0.05, 0.1) is 0 Å². The van der Waals surface area contributed by atoms with Gasteiger partial charge in [0.2, 0.25) is 0 Å². The molecular formula is C16H20N2O4. The third-order valence-corrected chi connectivity index (χ3v) is 2.47. The molecule has 118 valence electrons. The van der Waals surface area contributed by atoms with Gasteiger partial charge in [-0.15, -0.1) is 0 Å². The van der Waals surface area contributed by atoms with E-state index in [-0.39, 0.29) is 28.3 Å². The van der Waals surface area contributed by atoms with E-state index in [0.717, 1.165) is 0 Å². The van der Waals surface area contributed by atoms with Crippen molar-refractivity contribution >= 4 is 17.8 Å². The summed E-state index contributed by atoms with van der Waals surface area (Å²) in [5.41, 5.74) is 5.02. The number of benzene rings is 1. The second kappa shape index (κ2) is 6.43. The van der Waals surface area contributed by atoms with Gasteiger partial charge in [0, 0.05) is 11.1 Å². The molecule has 0 aliphatic carbocycles. The van der Waals surface area contributed by atoms with Crippen molar-refractivity contribution in [3.63, 3.8) is 0 Å². The monoisotopic (exact) mass is 304 g/mol. The molecule has 6 nitrogen and oxygen atoms in total. The lowest BCUT2D eigenvalue weighted by Gasteiger charge is -2.21. The van der Waals surface area contributed by atoms with Crippen molar-refractivity contribution in [3.05, 3.63) is 41.5 Å². The molecule has 1 aromatic rings. The van der Waals surface area contributed by atoms with Gasteiger partial charge in [-0.1, -0.05) is 18.7 Å². The van der Waals surface area contributed by atoms with Crippen molar-refractivity contribution in [3.8, 4) is 5.75 Å². The first-order chi connectivity index (χ1) is 10.0. The molecule has 0 unspecified atom stereocenters. The predicted octanol–water partition coefficient (Wildman–Crippen LogP) is 2.41. The highest BCUT2D eigenvalue weighted by Crippen LogP contribution is 2.26. The number of ether oxygens (including phenoxy) is 2. The van der Waals surface area contributed by atoms with Gasteiger partial charge in [0.25, 0.3) is 0 Å². The highest BCUT2D eigenvalue weighted by molar-refractivity contribution is 6.08. The van der Waals surface area contributed by atoms with E-state index in [1.54, 1.807) is 20.8 Å². The van der Waals surface area contributed by atoms with Crippen molar-refractivity contribution in [1.29, 1.82) is 5.41 Å². The Kier molecular flexibility index (Phi) is 5.09. The Morgan fingerprint density at radius 3 is 2.32 bits per heavy atom. The number of nitrogens with two attached hydrogens (primary N) is 1. The average molecular weight is 304 g/mol. The van der Waals surface area contributed by atoms with Crippen molar-refractivity contribution in [2.75, 3.05) is 0 Å². The third kappa shape index (κ3) is 4.44. The van der Waals surface area contributed by atoms with Crippen LogP contribution in [0, 0.1) is 5.41 Å². The van der Waals surface area contributed by atoms with Crippen LogP contribution in [0.3, 0.4) is 0 Å². The molecule has 1 rings (SSSR count). The van der Waals surface area contributed by atoms with Crippen LogP contribution in [0.5, 0.6) is 5.75 Å². The molecule has 0 saturated heterocycles. The van der Waals surface area contributed by atoms with Gasteiger partial charge in [-0.3, -0.25) is 5.41 Å². The number of carbonyl (C=O) groups excluding carboxylic acids is 2. The molecule has 0 aromatic heterocycles. The molecule has 0 spiro atoms. The van der Waals surface area contributed by atoms with E-state index in [9.17, 15) is 9.59 Å². The molecule has 0 amide bonds. The van der Waals surface area contributed by atoms with Crippen LogP contribution in [0.25, 0.3) is 0 Å². The molecule has 22 heavy (non-hydrogen) atoms. The van der Waals surface area contributed by atoms with Crippen LogP contribution in [-0.4, -0.2) is 23.4 Å². The summed E-state index contributed by atoms with van der Waals surface area (Å²) in [4.78, 5) is 24.1. The molecule has 0 bridgehead atoms. The second-order valence-corrected chi connectivity index (χ2v) is 5.76. The molecule has 0 atom stereocenters. The maximum atomic E-state index is 12.4. The molecule has 0 aliphatic heterocycles. The maximum absolute atomic E-state index is 12.4. The van der Waals surface area contributed by atoms with Crippen molar-refractivity contribution in [2.45, 2.75) is 33.3 Å². The van der Waals surface area contributed by atoms with Crippen LogP contribution >= 0.6 is 0 Å². The summed E-state index contributed by atoms with van der Waals surface area (Å²) in [6, 6.07) is 4.46. The van der Waals surface area contributed by atoms with Gasteiger partial charge in [0.15, 0.2) is 0 Å². The van der Waals surface area contributed by atoms with E-state index in [1.807, 2.05) is 0 Å². The number of nitrogens with one attached hydrogen (secondary N) is 1. The summed E-state index contributed by atoms with van der Waals surface area (Å²) in [7, 11) is 0. The molecule has 1 aromatic carbocycles. The van der Waals surface area contributed by atoms with Crippen LogP contribution in [0.2, 0.25) is 0 Å². The van der Waals surface area contributed by atoms with Gasteiger partial charge in [-0.2, -0.15) is 0 Å². The number of hydrogen-bond donors (Lipinski definition) is 2. The first-order valence-electron chi connectivity index (χ1n) is 6.61. The van der Waals surface area contributed by atoms with Gasteiger partial charge in [-0.25, -0.2) is 9.59 Å². The van der Waals surface area contributed by atoms with Gasteiger partial charge in [0.1, 0.15) is 22.7 Å². The SMILES string of the molecule is C=C(C)C(=O)Oc1cccc(C(=N)N)c1C(=O)OC(C)(C)C. The molecule has 3 N–H and O–H groups in total. The van der Waals surface area contributed by atoms with E-state index >= 15 is 0 Å². The van der Waals surface area contributed by atoms with E-state index in [2.05, 4.69) is 6.58 Å². The number of esters is 2. The lowest BCUT2D eigenvalue weighted by molar-refractivity contribution is -0.130. The van der Waals surface area contributed by atoms with Crippen LogP contribution in [0.15, 0.2) is 30.4 Å². The van der Waals surface area contributed by atoms with Crippen LogP contribution in [0.1, 0.15) is 43.6 Å². The third-order valence-electron chi connectivity index (χ3n) is 2.47. The fraction of sp³-hybridized carbons (Fsp3) is 0.312. The zero-order chi connectivity index (χ0) is 17.1. The Morgan fingerprint density at radius 1 is 1.27 bits per heavy atom. The zero-order valence-electron chi connectivity index (χ0n) is 13.1. The normalized spacial score (nSPS) is 10.7. The van der Waals surface area contributed by atoms with E-state index in [0.29, 0.717) is 0 Å². The minimum atomic E-state index is -0.739. The number of amidine groups is 1. The molecular weight excluding hydrogens is 284 g/mol. The molecule has 0 radical (unpaired) electrons. The Hall–Kier alpha value is -2.63. The first-order valence-corrected chi connectivity index (χ1v) is 6.61. The zero-order valence-corrected chi connectivity index (χ0v) is 13.1. The number of nitrogen functional groups attached to an aromatic ring is 1. The first kappa shape index (κ1) is 17.4. The minimum absolute atomic E-state index is 0.0186. The minimum Gasteiger partial charge on any atom is -0.456 e. The Morgan fingerprint density at radius 2 is 1.86 bits per heavy atom. The lowest BCUT2D eigenvalue weighted by Crippen LogP contribution is -2.27. The van der Waals surface area contributed by atoms with Crippen molar-refractivity contribution in [2.24, 2.45) is 5.73 Å². The van der Waals surface area contributed by atoms with Crippen LogP contribution < -0.4 is 10.5 Å². The Balaban J connectivity index is 3.36. The number of rotatable bonds is 4. The summed E-state index contributed by atoms with van der Waals surface area (Å²) < 4.78 is 10.4. The molecule has 6 heteroatoms. The highest BCUT2D eigenvalue weighted by atomic mass is 16.6. The molecule has 0 aliphatic rings. The summed E-state index contributed by atoms with van der Waals surface area (Å²) in [6.07, 6.45) is 0. The maximum Gasteiger partial charge on any atom is 0.343 e. The lowest BCUT2D eigenvalue weighted by atomic mass is 10.0. The van der Waals surface area contributed by atoms with Gasteiger partial charge < -0.3 is 15.2 Å². The van der Waals surface area contributed by atoms with Crippen molar-refractivity contribution < 1.29 is 19.1 Å². The second-order valence-electron chi connectivity index (χ2n) is 5.76. The molecule has 0 heterocycles. The van der Waals surface area contributed by atoms with Crippen LogP contribution in [0.4, 0.5) is 0 Å². The fourth-order valence-corrected chi connectivity index (χ4v) is 1.57. The summed E-state index contributed by atoms with van der Waals surface area (Å²) in [6.45, 7) is 10.1. The average Bonchev–Trinajstić information content (AvgIpc) is 2.35. The summed E-state index contributed by atoms with van der Waals surface area (Å²) in [5.74, 6) is -1.74. The highest BCUT2D eigenvalue weighted by Gasteiger charge is 2.26. The summed E-state index contributed by atoms with van der Waals surface area (Å²) in [5, 5.41) is 7.58. The standard InChI is InChI=1S/C16H20N2O4/c1-9(2)14(19)21-11-8-6-7-10(13(17)18)12(11)15(20)22-16(3,4)5/h6-8H,1H2,2-5H3,(H3,17,18). The number of carbonyl (C=O) groups is 2. The Bertz CT molecular complexity index is 642. The van der Waals surface area contributed by atoms with Crippen LogP contribution in [-0.2, 0) is 9.53 Å². The summed E-state index contributed by atoms with van der Waals surface area (Å²) >= 11 is 0. The smallest absolute Gasteiger partial charge is 0.343 e. The predicted molar refractivity (Wildman–Crippen MR) is 83.1 cm³/mol. The van der Waals surface area contributed by atoms with E-state index < -0.39 is 17.5 Å². The Labute approximate surface area is 129 Å². The topological polar surface area (TPSA) is 102 Å². The fourth-order valence-electron chi connectivity index (χ4n) is 1.57. The number of hydrogen-bond acceptors (Lipinski definition) is 5. The largest absolute Gasteiger partial charge is 0.456 e. The van der Waals surface area contributed by atoms with Gasteiger partial charge >= 0.3 is 11.9 Å². The molecule has 0 saturated carbocycles. The van der Waals surface area contributed by atoms with Gasteiger partial charge in [-0.05, 0) is 33.8 Å². The molecule has 0 fully saturated rings. The van der Waals surface area contributed by atoms with Crippen molar-refractivity contribution in [1.82, 2.24) is 0 Å².